The third kappa shape index (κ3) is 1.90. The Morgan fingerprint density at radius 2 is 2.10 bits per heavy atom. The normalized spacial score (nSPS) is 9.80. The van der Waals surface area contributed by atoms with E-state index in [4.69, 9.17) is 17.3 Å². The lowest BCUT2D eigenvalue weighted by atomic mass is 10.4. The van der Waals surface area contributed by atoms with E-state index in [1.54, 1.807) is 11.8 Å². The Hall–Kier alpha value is -0.180. The van der Waals surface area contributed by atoms with Crippen LogP contribution in [0.5, 0.6) is 0 Å². The summed E-state index contributed by atoms with van der Waals surface area (Å²) in [7, 11) is 0. The molecule has 1 rings (SSSR count). The zero-order chi connectivity index (χ0) is 7.40. The summed E-state index contributed by atoms with van der Waals surface area (Å²) in [5.74, 6) is 0.573. The van der Waals surface area contributed by atoms with Gasteiger partial charge >= 0.3 is 0 Å². The number of thioether (sulfide) groups is 1. The molecule has 2 N–H and O–H groups in total. The van der Waals surface area contributed by atoms with Crippen LogP contribution in [0.2, 0.25) is 5.02 Å². The molecule has 0 aromatic heterocycles. The van der Waals surface area contributed by atoms with E-state index in [0.29, 0.717) is 5.88 Å². The van der Waals surface area contributed by atoms with Crippen molar-refractivity contribution in [3.05, 3.63) is 29.3 Å². The molecule has 0 fully saturated rings. The highest BCUT2D eigenvalue weighted by atomic mass is 35.5. The monoisotopic (exact) mass is 173 g/mol. The standard InChI is InChI=1S/C7H8ClNS/c8-6-3-1-2-4-7(6)10-5-9/h1-4H,5,9H2. The van der Waals surface area contributed by atoms with Gasteiger partial charge in [-0.3, -0.25) is 0 Å². The van der Waals surface area contributed by atoms with E-state index in [1.165, 1.54) is 0 Å². The van der Waals surface area contributed by atoms with Gasteiger partial charge in [-0.25, -0.2) is 0 Å². The lowest BCUT2D eigenvalue weighted by Gasteiger charge is -1.98. The zero-order valence-corrected chi connectivity index (χ0v) is 6.95. The van der Waals surface area contributed by atoms with Gasteiger partial charge < -0.3 is 5.73 Å². The molecule has 0 heterocycles. The molecule has 0 aliphatic heterocycles. The molecule has 1 aromatic carbocycles. The Bertz CT molecular complexity index is 215. The highest BCUT2D eigenvalue weighted by molar-refractivity contribution is 7.99. The number of benzene rings is 1. The first-order valence-corrected chi connectivity index (χ1v) is 4.28. The predicted molar refractivity (Wildman–Crippen MR) is 46.4 cm³/mol. The second-order valence-electron chi connectivity index (χ2n) is 1.74. The van der Waals surface area contributed by atoms with E-state index in [1.807, 2.05) is 24.3 Å². The number of nitrogens with two attached hydrogens (primary N) is 1. The molecular weight excluding hydrogens is 166 g/mol. The minimum Gasteiger partial charge on any atom is -0.322 e. The molecule has 1 nitrogen and oxygen atoms in total. The molecule has 0 bridgehead atoms. The molecule has 3 heteroatoms. The van der Waals surface area contributed by atoms with Gasteiger partial charge in [0.05, 0.1) is 5.02 Å². The molecule has 54 valence electrons. The van der Waals surface area contributed by atoms with Crippen molar-refractivity contribution in [3.8, 4) is 0 Å². The Kier molecular flexibility index (Phi) is 3.06. The lowest BCUT2D eigenvalue weighted by Crippen LogP contribution is -1.91. The predicted octanol–water partition coefficient (Wildman–Crippen LogP) is 2.35. The van der Waals surface area contributed by atoms with Crippen molar-refractivity contribution in [2.75, 3.05) is 5.88 Å². The van der Waals surface area contributed by atoms with E-state index in [9.17, 15) is 0 Å². The van der Waals surface area contributed by atoms with Crippen LogP contribution in [0.1, 0.15) is 0 Å². The van der Waals surface area contributed by atoms with Crippen molar-refractivity contribution < 1.29 is 0 Å². The molecule has 0 aliphatic carbocycles. The molecule has 0 atom stereocenters. The minimum absolute atomic E-state index is 0.573. The van der Waals surface area contributed by atoms with Crippen molar-refractivity contribution >= 4 is 23.4 Å². The van der Waals surface area contributed by atoms with Gasteiger partial charge in [0.25, 0.3) is 0 Å². The van der Waals surface area contributed by atoms with Crippen LogP contribution in [0.4, 0.5) is 0 Å². The molecule has 0 spiro atoms. The Morgan fingerprint density at radius 3 is 2.70 bits per heavy atom. The van der Waals surface area contributed by atoms with Crippen LogP contribution in [-0.4, -0.2) is 5.88 Å². The van der Waals surface area contributed by atoms with Crippen molar-refractivity contribution in [3.63, 3.8) is 0 Å². The highest BCUT2D eigenvalue weighted by Gasteiger charge is 1.95. The summed E-state index contributed by atoms with van der Waals surface area (Å²) in [4.78, 5) is 1.05. The fourth-order valence-corrected chi connectivity index (χ4v) is 1.51. The van der Waals surface area contributed by atoms with Gasteiger partial charge in [0, 0.05) is 10.8 Å². The molecule has 1 aromatic rings. The van der Waals surface area contributed by atoms with Crippen LogP contribution >= 0.6 is 23.4 Å². The average Bonchev–Trinajstić information content (AvgIpc) is 1.94. The summed E-state index contributed by atoms with van der Waals surface area (Å²) in [5, 5.41) is 0.776. The van der Waals surface area contributed by atoms with E-state index in [0.717, 1.165) is 9.92 Å². The quantitative estimate of drug-likeness (QED) is 0.549. The molecule has 0 radical (unpaired) electrons. The van der Waals surface area contributed by atoms with Gasteiger partial charge in [0.2, 0.25) is 0 Å². The second-order valence-corrected chi connectivity index (χ2v) is 3.21. The van der Waals surface area contributed by atoms with Crippen LogP contribution in [0, 0.1) is 0 Å². The van der Waals surface area contributed by atoms with Gasteiger partial charge in [-0.1, -0.05) is 23.7 Å². The molecule has 0 saturated heterocycles. The molecule has 0 aliphatic rings. The van der Waals surface area contributed by atoms with Gasteiger partial charge in [-0.05, 0) is 12.1 Å². The van der Waals surface area contributed by atoms with Crippen LogP contribution < -0.4 is 5.73 Å². The lowest BCUT2D eigenvalue weighted by molar-refractivity contribution is 1.37. The van der Waals surface area contributed by atoms with Crippen molar-refractivity contribution in [2.24, 2.45) is 5.73 Å². The van der Waals surface area contributed by atoms with Crippen molar-refractivity contribution in [1.82, 2.24) is 0 Å². The summed E-state index contributed by atoms with van der Waals surface area (Å²) >= 11 is 7.37. The minimum atomic E-state index is 0.573. The van der Waals surface area contributed by atoms with Gasteiger partial charge in [0.1, 0.15) is 0 Å². The van der Waals surface area contributed by atoms with Crippen LogP contribution in [0.3, 0.4) is 0 Å². The largest absolute Gasteiger partial charge is 0.322 e. The van der Waals surface area contributed by atoms with Gasteiger partial charge in [0.15, 0.2) is 0 Å². The number of hydrogen-bond acceptors (Lipinski definition) is 2. The third-order valence-electron chi connectivity index (χ3n) is 1.08. The second kappa shape index (κ2) is 3.86. The molecule has 0 amide bonds. The summed E-state index contributed by atoms with van der Waals surface area (Å²) in [6.07, 6.45) is 0. The van der Waals surface area contributed by atoms with Crippen molar-refractivity contribution in [2.45, 2.75) is 4.90 Å². The van der Waals surface area contributed by atoms with E-state index in [2.05, 4.69) is 0 Å². The Morgan fingerprint density at radius 1 is 1.40 bits per heavy atom. The topological polar surface area (TPSA) is 26.0 Å². The first kappa shape index (κ1) is 7.92. The summed E-state index contributed by atoms with van der Waals surface area (Å²) in [6.45, 7) is 0. The molecule has 0 saturated carbocycles. The molecular formula is C7H8ClNS. The maximum Gasteiger partial charge on any atom is 0.0542 e. The van der Waals surface area contributed by atoms with Gasteiger partial charge in [-0.2, -0.15) is 0 Å². The summed E-state index contributed by atoms with van der Waals surface area (Å²) < 4.78 is 0. The van der Waals surface area contributed by atoms with E-state index >= 15 is 0 Å². The summed E-state index contributed by atoms with van der Waals surface area (Å²) in [5.41, 5.74) is 5.33. The van der Waals surface area contributed by atoms with Crippen LogP contribution in [-0.2, 0) is 0 Å². The van der Waals surface area contributed by atoms with E-state index < -0.39 is 0 Å². The molecule has 10 heavy (non-hydrogen) atoms. The fourth-order valence-electron chi connectivity index (χ4n) is 0.652. The highest BCUT2D eigenvalue weighted by Crippen LogP contribution is 2.24. The Labute approximate surface area is 69.6 Å². The van der Waals surface area contributed by atoms with Crippen LogP contribution in [0.15, 0.2) is 29.2 Å². The van der Waals surface area contributed by atoms with E-state index in [-0.39, 0.29) is 0 Å². The fraction of sp³-hybridized carbons (Fsp3) is 0.143. The Balaban J connectivity index is 2.81. The average molecular weight is 174 g/mol. The zero-order valence-electron chi connectivity index (χ0n) is 5.38. The smallest absolute Gasteiger partial charge is 0.0542 e. The first-order valence-electron chi connectivity index (χ1n) is 2.92. The molecule has 0 unspecified atom stereocenters. The maximum absolute atomic E-state index is 5.83. The SMILES string of the molecule is NCSc1ccccc1Cl. The summed E-state index contributed by atoms with van der Waals surface area (Å²) in [6, 6.07) is 7.67. The van der Waals surface area contributed by atoms with Crippen molar-refractivity contribution in [1.29, 1.82) is 0 Å². The van der Waals surface area contributed by atoms with Crippen LogP contribution in [0.25, 0.3) is 0 Å². The van der Waals surface area contributed by atoms with Gasteiger partial charge in [-0.15, -0.1) is 11.8 Å². The first-order chi connectivity index (χ1) is 4.84. The number of hydrogen-bond donors (Lipinski definition) is 1. The number of halogens is 1. The third-order valence-corrected chi connectivity index (χ3v) is 2.35. The number of rotatable bonds is 2. The maximum atomic E-state index is 5.83.